The second kappa shape index (κ2) is 5.53. The average Bonchev–Trinajstić information content (AvgIpc) is 2.16. The number of methoxy groups -OCH3 is 1. The van der Waals surface area contributed by atoms with Gasteiger partial charge in [-0.2, -0.15) is 0 Å². The quantitative estimate of drug-likeness (QED) is 0.835. The van der Waals surface area contributed by atoms with E-state index in [1.165, 1.54) is 0 Å². The number of hydrogen-bond acceptors (Lipinski definition) is 3. The molecule has 0 aliphatic heterocycles. The van der Waals surface area contributed by atoms with Crippen LogP contribution in [0, 0.1) is 0 Å². The molecule has 1 aromatic carbocycles. The van der Waals surface area contributed by atoms with Gasteiger partial charge in [-0.25, -0.2) is 0 Å². The van der Waals surface area contributed by atoms with E-state index in [2.05, 4.69) is 5.32 Å². The van der Waals surface area contributed by atoms with Gasteiger partial charge in [-0.15, -0.1) is 0 Å². The zero-order chi connectivity index (χ0) is 12.2. The van der Waals surface area contributed by atoms with Gasteiger partial charge >= 0.3 is 0 Å². The molecule has 2 N–H and O–H groups in total. The maximum atomic E-state index is 9.66. The fourth-order valence-electron chi connectivity index (χ4n) is 1.46. The fraction of sp³-hybridized carbons (Fsp3) is 0.500. The summed E-state index contributed by atoms with van der Waals surface area (Å²) in [6.07, 6.45) is 0. The lowest BCUT2D eigenvalue weighted by Crippen LogP contribution is -2.42. The van der Waals surface area contributed by atoms with E-state index in [1.807, 2.05) is 13.8 Å². The van der Waals surface area contributed by atoms with Crippen LogP contribution in [0.4, 0.5) is 0 Å². The first kappa shape index (κ1) is 13.3. The Morgan fingerprint density at radius 1 is 1.44 bits per heavy atom. The van der Waals surface area contributed by atoms with Crippen molar-refractivity contribution in [3.63, 3.8) is 0 Å². The van der Waals surface area contributed by atoms with E-state index in [0.717, 1.165) is 0 Å². The highest BCUT2D eigenvalue weighted by Crippen LogP contribution is 2.25. The molecule has 0 aliphatic rings. The third kappa shape index (κ3) is 3.67. The molecule has 0 fully saturated rings. The minimum atomic E-state index is -0.152. The number of rotatable bonds is 5. The normalized spacial score (nSPS) is 11.8. The van der Waals surface area contributed by atoms with E-state index in [9.17, 15) is 5.11 Å². The van der Waals surface area contributed by atoms with Crippen LogP contribution in [0.5, 0.6) is 5.75 Å². The predicted molar refractivity (Wildman–Crippen MR) is 65.9 cm³/mol. The zero-order valence-corrected chi connectivity index (χ0v) is 10.6. The van der Waals surface area contributed by atoms with E-state index in [0.29, 0.717) is 23.7 Å². The molecule has 0 aromatic heterocycles. The summed E-state index contributed by atoms with van der Waals surface area (Å²) < 4.78 is 5.10. The Hall–Kier alpha value is -0.770. The largest absolute Gasteiger partial charge is 0.508 e. The predicted octanol–water partition coefficient (Wildman–Crippen LogP) is 2.56. The molecular weight excluding hydrogens is 226 g/mol. The van der Waals surface area contributed by atoms with Crippen molar-refractivity contribution in [3.8, 4) is 5.75 Å². The van der Waals surface area contributed by atoms with Crippen LogP contribution in [0.2, 0.25) is 5.02 Å². The molecule has 0 atom stereocenters. The molecule has 16 heavy (non-hydrogen) atoms. The number of ether oxygens (including phenoxy) is 1. The topological polar surface area (TPSA) is 41.5 Å². The summed E-state index contributed by atoms with van der Waals surface area (Å²) in [7, 11) is 1.66. The molecule has 0 unspecified atom stereocenters. The van der Waals surface area contributed by atoms with Gasteiger partial charge < -0.3 is 15.2 Å². The Morgan fingerprint density at radius 3 is 2.69 bits per heavy atom. The second-order valence-electron chi connectivity index (χ2n) is 4.41. The number of phenolic OH excluding ortho intramolecular Hbond substituents is 1. The van der Waals surface area contributed by atoms with E-state index in [-0.39, 0.29) is 11.3 Å². The number of nitrogens with one attached hydrogen (secondary N) is 1. The van der Waals surface area contributed by atoms with Crippen molar-refractivity contribution in [2.45, 2.75) is 25.9 Å². The van der Waals surface area contributed by atoms with E-state index in [1.54, 1.807) is 25.3 Å². The van der Waals surface area contributed by atoms with Gasteiger partial charge in [0.25, 0.3) is 0 Å². The lowest BCUT2D eigenvalue weighted by Gasteiger charge is -2.25. The molecule has 1 rings (SSSR count). The second-order valence-corrected chi connectivity index (χ2v) is 4.82. The van der Waals surface area contributed by atoms with Crippen LogP contribution in [0.15, 0.2) is 18.2 Å². The van der Waals surface area contributed by atoms with Gasteiger partial charge in [-0.05, 0) is 26.0 Å². The Labute approximate surface area is 101 Å². The first-order valence-electron chi connectivity index (χ1n) is 5.16. The lowest BCUT2D eigenvalue weighted by molar-refractivity contribution is 0.127. The first-order valence-corrected chi connectivity index (χ1v) is 5.54. The summed E-state index contributed by atoms with van der Waals surface area (Å²) in [6, 6.07) is 5.12. The molecule has 0 amide bonds. The van der Waals surface area contributed by atoms with Crippen LogP contribution >= 0.6 is 11.6 Å². The summed E-state index contributed by atoms with van der Waals surface area (Å²) >= 11 is 6.00. The van der Waals surface area contributed by atoms with Crippen LogP contribution in [0.3, 0.4) is 0 Å². The van der Waals surface area contributed by atoms with Gasteiger partial charge in [-0.3, -0.25) is 0 Å². The van der Waals surface area contributed by atoms with Gasteiger partial charge in [0.05, 0.1) is 6.61 Å². The minimum Gasteiger partial charge on any atom is -0.508 e. The Kier molecular flexibility index (Phi) is 4.59. The van der Waals surface area contributed by atoms with Gasteiger partial charge in [0.15, 0.2) is 0 Å². The van der Waals surface area contributed by atoms with Crippen molar-refractivity contribution >= 4 is 11.6 Å². The molecule has 0 saturated heterocycles. The van der Waals surface area contributed by atoms with Crippen molar-refractivity contribution in [2.75, 3.05) is 13.7 Å². The standard InChI is InChI=1S/C12H18ClNO2/c1-12(2,8-16-3)14-7-9-10(13)5-4-6-11(9)15/h4-6,14-15H,7-8H2,1-3H3. The molecule has 0 spiro atoms. The zero-order valence-electron chi connectivity index (χ0n) is 9.88. The molecule has 0 heterocycles. The SMILES string of the molecule is COCC(C)(C)NCc1c(O)cccc1Cl. The molecule has 90 valence electrons. The van der Waals surface area contributed by atoms with Crippen molar-refractivity contribution in [1.29, 1.82) is 0 Å². The van der Waals surface area contributed by atoms with Gasteiger partial charge in [0.1, 0.15) is 5.75 Å². The molecule has 0 saturated carbocycles. The highest BCUT2D eigenvalue weighted by molar-refractivity contribution is 6.31. The minimum absolute atomic E-state index is 0.152. The summed E-state index contributed by atoms with van der Waals surface area (Å²) in [4.78, 5) is 0. The van der Waals surface area contributed by atoms with Crippen molar-refractivity contribution < 1.29 is 9.84 Å². The molecule has 1 aromatic rings. The number of halogens is 1. The summed E-state index contributed by atoms with van der Waals surface area (Å²) in [5.41, 5.74) is 0.564. The molecule has 0 aliphatic carbocycles. The third-order valence-electron chi connectivity index (χ3n) is 2.34. The summed E-state index contributed by atoms with van der Waals surface area (Å²) in [5, 5.41) is 13.5. The Balaban J connectivity index is 2.68. The van der Waals surface area contributed by atoms with Crippen molar-refractivity contribution in [2.24, 2.45) is 0 Å². The summed E-state index contributed by atoms with van der Waals surface area (Å²) in [5.74, 6) is 0.216. The summed E-state index contributed by atoms with van der Waals surface area (Å²) in [6.45, 7) is 5.18. The Morgan fingerprint density at radius 2 is 2.12 bits per heavy atom. The molecule has 3 nitrogen and oxygen atoms in total. The fourth-order valence-corrected chi connectivity index (χ4v) is 1.70. The van der Waals surface area contributed by atoms with Crippen LogP contribution in [0.1, 0.15) is 19.4 Å². The molecule has 4 heteroatoms. The molecular formula is C12H18ClNO2. The average molecular weight is 244 g/mol. The van der Waals surface area contributed by atoms with Crippen molar-refractivity contribution in [3.05, 3.63) is 28.8 Å². The van der Waals surface area contributed by atoms with Crippen molar-refractivity contribution in [1.82, 2.24) is 5.32 Å². The van der Waals surface area contributed by atoms with Crippen LogP contribution < -0.4 is 5.32 Å². The first-order chi connectivity index (χ1) is 7.46. The third-order valence-corrected chi connectivity index (χ3v) is 2.70. The van der Waals surface area contributed by atoms with Crippen LogP contribution in [0.25, 0.3) is 0 Å². The number of phenols is 1. The highest BCUT2D eigenvalue weighted by atomic mass is 35.5. The van der Waals surface area contributed by atoms with Crippen LogP contribution in [-0.2, 0) is 11.3 Å². The van der Waals surface area contributed by atoms with Gasteiger partial charge in [0, 0.05) is 29.8 Å². The molecule has 0 bridgehead atoms. The van der Waals surface area contributed by atoms with E-state index < -0.39 is 0 Å². The van der Waals surface area contributed by atoms with E-state index >= 15 is 0 Å². The lowest BCUT2D eigenvalue weighted by atomic mass is 10.1. The van der Waals surface area contributed by atoms with Crippen LogP contribution in [-0.4, -0.2) is 24.4 Å². The van der Waals surface area contributed by atoms with E-state index in [4.69, 9.17) is 16.3 Å². The maximum Gasteiger partial charge on any atom is 0.121 e. The monoisotopic (exact) mass is 243 g/mol. The smallest absolute Gasteiger partial charge is 0.121 e. The maximum absolute atomic E-state index is 9.66. The number of benzene rings is 1. The molecule has 0 radical (unpaired) electrons. The Bertz CT molecular complexity index is 333. The number of aromatic hydroxyl groups is 1. The van der Waals surface area contributed by atoms with Gasteiger partial charge in [-0.1, -0.05) is 17.7 Å². The van der Waals surface area contributed by atoms with Gasteiger partial charge in [0.2, 0.25) is 0 Å². The highest BCUT2D eigenvalue weighted by Gasteiger charge is 2.17. The number of hydrogen-bond donors (Lipinski definition) is 2.